The zero-order valence-corrected chi connectivity index (χ0v) is 24.1. The smallest absolute Gasteiger partial charge is 0.338 e. The van der Waals surface area contributed by atoms with Crippen molar-refractivity contribution in [1.82, 2.24) is 4.57 Å². The molecule has 0 unspecified atom stereocenters. The Morgan fingerprint density at radius 1 is 1.16 bits per heavy atom. The minimum absolute atomic E-state index is 0.232. The molecule has 0 radical (unpaired) electrons. The Labute approximate surface area is 235 Å². The van der Waals surface area contributed by atoms with Crippen LogP contribution in [0.4, 0.5) is 0 Å². The van der Waals surface area contributed by atoms with E-state index in [0.29, 0.717) is 26.4 Å². The van der Waals surface area contributed by atoms with Crippen LogP contribution >= 0.6 is 45.7 Å². The number of thioether (sulfide) groups is 1. The van der Waals surface area contributed by atoms with E-state index in [1.807, 2.05) is 66.9 Å². The highest BCUT2D eigenvalue weighted by Crippen LogP contribution is 2.31. The van der Waals surface area contributed by atoms with Crippen molar-refractivity contribution in [3.63, 3.8) is 0 Å². The minimum Gasteiger partial charge on any atom is -0.463 e. The lowest BCUT2D eigenvalue weighted by atomic mass is 9.96. The quantitative estimate of drug-likeness (QED) is 0.160. The van der Waals surface area contributed by atoms with E-state index in [4.69, 9.17) is 9.15 Å². The van der Waals surface area contributed by atoms with Gasteiger partial charge in [-0.15, -0.1) is 11.8 Å². The van der Waals surface area contributed by atoms with Gasteiger partial charge < -0.3 is 9.15 Å². The highest BCUT2D eigenvalue weighted by atomic mass is 127. The maximum Gasteiger partial charge on any atom is 0.338 e. The maximum absolute atomic E-state index is 13.7. The Morgan fingerprint density at radius 2 is 1.89 bits per heavy atom. The summed E-state index contributed by atoms with van der Waals surface area (Å²) in [5.74, 6) is 0.828. The van der Waals surface area contributed by atoms with Crippen LogP contribution in [0.3, 0.4) is 0 Å². The van der Waals surface area contributed by atoms with Crippen molar-refractivity contribution in [1.29, 1.82) is 0 Å². The molecule has 2 aromatic carbocycles. The number of rotatable bonds is 6. The van der Waals surface area contributed by atoms with Gasteiger partial charge in [-0.3, -0.25) is 9.36 Å². The minimum atomic E-state index is -0.632. The molecular weight excluding hydrogens is 619 g/mol. The van der Waals surface area contributed by atoms with Crippen molar-refractivity contribution in [2.24, 2.45) is 4.99 Å². The summed E-state index contributed by atoms with van der Waals surface area (Å²) in [6.45, 7) is 3.78. The maximum atomic E-state index is 13.7. The fraction of sp³-hybridized carbons (Fsp3) is 0.179. The van der Waals surface area contributed by atoms with Crippen LogP contribution in [0.2, 0.25) is 0 Å². The van der Waals surface area contributed by atoms with Gasteiger partial charge in [0, 0.05) is 20.1 Å². The third kappa shape index (κ3) is 5.12. The van der Waals surface area contributed by atoms with Crippen molar-refractivity contribution in [3.8, 4) is 11.3 Å². The standard InChI is InChI=1S/C28H23IN2O4S2/c1-4-34-27(33)24-16(2)30-28-31(25(24)18-7-12-21(36-3)13-8-18)26(32)23(37-28)15-20-11-14-22(35-20)17-5-9-19(29)10-6-17/h5-15,25H,4H2,1-3H3/b23-15-/t25-/m1/s1. The second-order valence-electron chi connectivity index (χ2n) is 8.28. The lowest BCUT2D eigenvalue weighted by Crippen LogP contribution is -2.39. The molecular formula is C28H23IN2O4S2. The van der Waals surface area contributed by atoms with E-state index in [9.17, 15) is 9.59 Å². The number of hydrogen-bond donors (Lipinski definition) is 0. The number of thiazole rings is 1. The van der Waals surface area contributed by atoms with E-state index in [0.717, 1.165) is 25.4 Å². The lowest BCUT2D eigenvalue weighted by molar-refractivity contribution is -0.139. The van der Waals surface area contributed by atoms with Gasteiger partial charge in [0.1, 0.15) is 11.5 Å². The summed E-state index contributed by atoms with van der Waals surface area (Å²) in [6.07, 6.45) is 3.74. The summed E-state index contributed by atoms with van der Waals surface area (Å²) in [5.41, 5.74) is 2.47. The van der Waals surface area contributed by atoms with Crippen LogP contribution in [-0.2, 0) is 9.53 Å². The first-order valence-corrected chi connectivity index (χ1v) is 14.7. The molecule has 0 saturated carbocycles. The van der Waals surface area contributed by atoms with Gasteiger partial charge in [0.25, 0.3) is 5.56 Å². The molecule has 0 amide bonds. The number of benzene rings is 2. The number of furan rings is 1. The van der Waals surface area contributed by atoms with E-state index >= 15 is 0 Å². The molecule has 0 bridgehead atoms. The van der Waals surface area contributed by atoms with Crippen LogP contribution < -0.4 is 14.9 Å². The van der Waals surface area contributed by atoms with Gasteiger partial charge >= 0.3 is 5.97 Å². The van der Waals surface area contributed by atoms with Crippen LogP contribution in [0.15, 0.2) is 91.0 Å². The summed E-state index contributed by atoms with van der Waals surface area (Å²) in [6, 6.07) is 19.0. The third-order valence-electron chi connectivity index (χ3n) is 5.98. The predicted octanol–water partition coefficient (Wildman–Crippen LogP) is 5.38. The SMILES string of the molecule is CCOC(=O)C1=C(C)N=c2s/c(=C\c3ccc(-c4ccc(I)cc4)o3)c(=O)n2[C@@H]1c1ccc(SC)cc1. The van der Waals surface area contributed by atoms with Gasteiger partial charge in [-0.25, -0.2) is 9.79 Å². The first-order valence-electron chi connectivity index (χ1n) is 11.6. The molecule has 5 rings (SSSR count). The van der Waals surface area contributed by atoms with Crippen LogP contribution in [0.25, 0.3) is 17.4 Å². The molecule has 188 valence electrons. The highest BCUT2D eigenvalue weighted by molar-refractivity contribution is 14.1. The van der Waals surface area contributed by atoms with Crippen molar-refractivity contribution >= 4 is 57.7 Å². The molecule has 1 aliphatic rings. The average Bonchev–Trinajstić information content (AvgIpc) is 3.48. The molecule has 3 heterocycles. The fourth-order valence-electron chi connectivity index (χ4n) is 4.22. The van der Waals surface area contributed by atoms with Crippen LogP contribution in [0.5, 0.6) is 0 Å². The second kappa shape index (κ2) is 10.8. The molecule has 0 aliphatic carbocycles. The number of nitrogens with zero attached hydrogens (tertiary/aromatic N) is 2. The van der Waals surface area contributed by atoms with Gasteiger partial charge in [0.05, 0.1) is 28.5 Å². The number of carbonyl (C=O) groups is 1. The number of fused-ring (bicyclic) bond motifs is 1. The van der Waals surface area contributed by atoms with Crippen molar-refractivity contribution in [2.45, 2.75) is 24.8 Å². The summed E-state index contributed by atoms with van der Waals surface area (Å²) in [4.78, 5) is 33.0. The number of hydrogen-bond acceptors (Lipinski definition) is 7. The van der Waals surface area contributed by atoms with Crippen molar-refractivity contribution in [3.05, 3.63) is 107 Å². The average molecular weight is 643 g/mol. The normalized spacial score (nSPS) is 15.5. The number of allylic oxidation sites excluding steroid dienone is 1. The summed E-state index contributed by atoms with van der Waals surface area (Å²) in [5, 5.41) is 0. The molecule has 6 nitrogen and oxygen atoms in total. The molecule has 0 N–H and O–H groups in total. The van der Waals surface area contributed by atoms with E-state index in [-0.39, 0.29) is 12.2 Å². The second-order valence-corrected chi connectivity index (χ2v) is 11.4. The largest absolute Gasteiger partial charge is 0.463 e. The molecule has 2 aromatic heterocycles. The molecule has 4 aromatic rings. The first-order chi connectivity index (χ1) is 17.9. The Morgan fingerprint density at radius 3 is 2.57 bits per heavy atom. The topological polar surface area (TPSA) is 73.8 Å². The zero-order valence-electron chi connectivity index (χ0n) is 20.4. The summed E-state index contributed by atoms with van der Waals surface area (Å²) < 4.78 is 14.6. The fourth-order valence-corrected chi connectivity index (χ4v) is 6.02. The highest BCUT2D eigenvalue weighted by Gasteiger charge is 2.33. The number of aromatic nitrogens is 1. The van der Waals surface area contributed by atoms with Crippen LogP contribution in [0.1, 0.15) is 31.2 Å². The lowest BCUT2D eigenvalue weighted by Gasteiger charge is -2.24. The predicted molar refractivity (Wildman–Crippen MR) is 155 cm³/mol. The number of carbonyl (C=O) groups excluding carboxylic acids is 1. The summed E-state index contributed by atoms with van der Waals surface area (Å²) in [7, 11) is 0. The van der Waals surface area contributed by atoms with Gasteiger partial charge in [-0.1, -0.05) is 35.6 Å². The number of ether oxygens (including phenoxy) is 1. The van der Waals surface area contributed by atoms with Gasteiger partial charge in [-0.05, 0) is 84.7 Å². The zero-order chi connectivity index (χ0) is 26.1. The Kier molecular flexibility index (Phi) is 7.55. The molecule has 0 saturated heterocycles. The van der Waals surface area contributed by atoms with Crippen LogP contribution in [0, 0.1) is 3.57 Å². The van der Waals surface area contributed by atoms with Crippen LogP contribution in [-0.4, -0.2) is 23.4 Å². The Bertz CT molecular complexity index is 1680. The molecule has 0 spiro atoms. The monoisotopic (exact) mass is 642 g/mol. The molecule has 37 heavy (non-hydrogen) atoms. The van der Waals surface area contributed by atoms with Gasteiger partial charge in [0.15, 0.2) is 4.80 Å². The Hall–Kier alpha value is -2.89. The van der Waals surface area contributed by atoms with Gasteiger partial charge in [-0.2, -0.15) is 0 Å². The number of esters is 1. The van der Waals surface area contributed by atoms with Gasteiger partial charge in [0.2, 0.25) is 0 Å². The first kappa shape index (κ1) is 25.7. The molecule has 1 atom stereocenters. The third-order valence-corrected chi connectivity index (χ3v) is 8.42. The van der Waals surface area contributed by atoms with E-state index in [1.165, 1.54) is 11.3 Å². The molecule has 1 aliphatic heterocycles. The molecule has 0 fully saturated rings. The van der Waals surface area contributed by atoms with E-state index in [2.05, 4.69) is 27.6 Å². The van der Waals surface area contributed by atoms with Crippen molar-refractivity contribution in [2.75, 3.05) is 12.9 Å². The van der Waals surface area contributed by atoms with E-state index in [1.54, 1.807) is 36.3 Å². The van der Waals surface area contributed by atoms with E-state index < -0.39 is 12.0 Å². The van der Waals surface area contributed by atoms with Crippen molar-refractivity contribution < 1.29 is 13.9 Å². The number of halogens is 1. The Balaban J connectivity index is 1.62. The molecule has 9 heteroatoms. The summed E-state index contributed by atoms with van der Waals surface area (Å²) >= 11 is 5.17.